The zero-order chi connectivity index (χ0) is 16.7. The van der Waals surface area contributed by atoms with Crippen molar-refractivity contribution in [2.24, 2.45) is 0 Å². The second-order valence-electron chi connectivity index (χ2n) is 4.74. The van der Waals surface area contributed by atoms with Crippen molar-refractivity contribution in [3.8, 4) is 5.75 Å². The predicted molar refractivity (Wildman–Crippen MR) is 86.8 cm³/mol. The number of carbonyl (C=O) groups is 1. The number of amides is 1. The standard InChI is InChI=1S/C16H15ClN2O4/c17-13-6-7-15(14(10-13)19(21)22)23-11-16(20)18-9-8-12-4-2-1-3-5-12/h1-7,10H,8-9,11H2,(H,18,20). The van der Waals surface area contributed by atoms with Gasteiger partial charge in [0.15, 0.2) is 12.4 Å². The average Bonchev–Trinajstić information content (AvgIpc) is 2.54. The molecule has 1 N–H and O–H groups in total. The van der Waals surface area contributed by atoms with Crippen LogP contribution in [-0.4, -0.2) is 24.0 Å². The van der Waals surface area contributed by atoms with Gasteiger partial charge in [0, 0.05) is 17.6 Å². The van der Waals surface area contributed by atoms with Gasteiger partial charge in [-0.2, -0.15) is 0 Å². The Balaban J connectivity index is 1.81. The quantitative estimate of drug-likeness (QED) is 0.623. The van der Waals surface area contributed by atoms with Crippen LogP contribution in [-0.2, 0) is 11.2 Å². The molecule has 0 unspecified atom stereocenters. The maximum atomic E-state index is 11.7. The Kier molecular flexibility index (Phi) is 5.94. The normalized spacial score (nSPS) is 10.1. The number of hydrogen-bond donors (Lipinski definition) is 1. The molecule has 0 spiro atoms. The van der Waals surface area contributed by atoms with Crippen LogP contribution >= 0.6 is 11.6 Å². The highest BCUT2D eigenvalue weighted by atomic mass is 35.5. The molecule has 7 heteroatoms. The summed E-state index contributed by atoms with van der Waals surface area (Å²) in [6, 6.07) is 13.8. The first-order chi connectivity index (χ1) is 11.1. The maximum absolute atomic E-state index is 11.7. The number of ether oxygens (including phenoxy) is 1. The lowest BCUT2D eigenvalue weighted by Gasteiger charge is -2.08. The minimum Gasteiger partial charge on any atom is -0.477 e. The summed E-state index contributed by atoms with van der Waals surface area (Å²) in [6.07, 6.45) is 0.702. The molecule has 0 aliphatic carbocycles. The van der Waals surface area contributed by atoms with Gasteiger partial charge in [-0.1, -0.05) is 41.9 Å². The minimum atomic E-state index is -0.603. The van der Waals surface area contributed by atoms with Crippen LogP contribution in [0.1, 0.15) is 5.56 Å². The lowest BCUT2D eigenvalue weighted by molar-refractivity contribution is -0.385. The van der Waals surface area contributed by atoms with Gasteiger partial charge in [-0.15, -0.1) is 0 Å². The van der Waals surface area contributed by atoms with E-state index in [0.717, 1.165) is 5.56 Å². The molecule has 0 bridgehead atoms. The second-order valence-corrected chi connectivity index (χ2v) is 5.18. The average molecular weight is 335 g/mol. The zero-order valence-electron chi connectivity index (χ0n) is 12.2. The van der Waals surface area contributed by atoms with Crippen LogP contribution in [0.4, 0.5) is 5.69 Å². The largest absolute Gasteiger partial charge is 0.477 e. The van der Waals surface area contributed by atoms with Crippen molar-refractivity contribution in [3.05, 3.63) is 69.2 Å². The first-order valence-corrected chi connectivity index (χ1v) is 7.31. The second kappa shape index (κ2) is 8.14. The third-order valence-corrected chi connectivity index (χ3v) is 3.29. The van der Waals surface area contributed by atoms with Gasteiger partial charge in [-0.25, -0.2) is 0 Å². The molecule has 120 valence electrons. The van der Waals surface area contributed by atoms with Gasteiger partial charge < -0.3 is 10.1 Å². The Morgan fingerprint density at radius 3 is 2.65 bits per heavy atom. The van der Waals surface area contributed by atoms with Gasteiger partial charge in [0.1, 0.15) is 0 Å². The van der Waals surface area contributed by atoms with Crippen molar-refractivity contribution >= 4 is 23.2 Å². The number of nitro groups is 1. The Labute approximate surface area is 138 Å². The van der Waals surface area contributed by atoms with Crippen LogP contribution < -0.4 is 10.1 Å². The first kappa shape index (κ1) is 16.8. The number of nitro benzene ring substituents is 1. The highest BCUT2D eigenvalue weighted by Crippen LogP contribution is 2.29. The summed E-state index contributed by atoms with van der Waals surface area (Å²) in [4.78, 5) is 22.0. The summed E-state index contributed by atoms with van der Waals surface area (Å²) in [7, 11) is 0. The molecule has 2 aromatic carbocycles. The van der Waals surface area contributed by atoms with Crippen molar-refractivity contribution in [2.75, 3.05) is 13.2 Å². The molecule has 1 amide bonds. The number of nitrogens with one attached hydrogen (secondary N) is 1. The number of benzene rings is 2. The molecular formula is C16H15ClN2O4. The molecule has 0 saturated heterocycles. The summed E-state index contributed by atoms with van der Waals surface area (Å²) < 4.78 is 5.21. The van der Waals surface area contributed by atoms with E-state index in [0.29, 0.717) is 13.0 Å². The molecular weight excluding hydrogens is 320 g/mol. The number of rotatable bonds is 7. The zero-order valence-corrected chi connectivity index (χ0v) is 13.0. The van der Waals surface area contributed by atoms with Gasteiger partial charge in [0.2, 0.25) is 0 Å². The van der Waals surface area contributed by atoms with Crippen LogP contribution in [0, 0.1) is 10.1 Å². The fraction of sp³-hybridized carbons (Fsp3) is 0.188. The Morgan fingerprint density at radius 2 is 1.96 bits per heavy atom. The van der Waals surface area contributed by atoms with Gasteiger partial charge in [0.25, 0.3) is 5.91 Å². The summed E-state index contributed by atoms with van der Waals surface area (Å²) in [5.74, 6) is -0.331. The summed E-state index contributed by atoms with van der Waals surface area (Å²) in [5.41, 5.74) is 0.844. The Hall–Kier alpha value is -2.60. The van der Waals surface area contributed by atoms with E-state index in [1.54, 1.807) is 0 Å². The Morgan fingerprint density at radius 1 is 1.22 bits per heavy atom. The van der Waals surface area contributed by atoms with Crippen molar-refractivity contribution in [1.82, 2.24) is 5.32 Å². The fourth-order valence-electron chi connectivity index (χ4n) is 1.94. The molecule has 6 nitrogen and oxygen atoms in total. The van der Waals surface area contributed by atoms with Gasteiger partial charge >= 0.3 is 5.69 Å². The van der Waals surface area contributed by atoms with E-state index in [1.807, 2.05) is 30.3 Å². The maximum Gasteiger partial charge on any atom is 0.312 e. The topological polar surface area (TPSA) is 81.5 Å². The molecule has 0 saturated carbocycles. The number of halogens is 1. The molecule has 23 heavy (non-hydrogen) atoms. The highest BCUT2D eigenvalue weighted by molar-refractivity contribution is 6.30. The van der Waals surface area contributed by atoms with E-state index < -0.39 is 4.92 Å². The molecule has 0 aromatic heterocycles. The van der Waals surface area contributed by atoms with Crippen LogP contribution in [0.15, 0.2) is 48.5 Å². The Bertz CT molecular complexity index is 692. The third-order valence-electron chi connectivity index (χ3n) is 3.06. The summed E-state index contributed by atoms with van der Waals surface area (Å²) in [5, 5.41) is 13.8. The van der Waals surface area contributed by atoms with Crippen molar-refractivity contribution in [1.29, 1.82) is 0 Å². The minimum absolute atomic E-state index is 0.0117. The smallest absolute Gasteiger partial charge is 0.312 e. The van der Waals surface area contributed by atoms with Crippen LogP contribution in [0.5, 0.6) is 5.75 Å². The van der Waals surface area contributed by atoms with E-state index in [-0.39, 0.29) is 29.0 Å². The van der Waals surface area contributed by atoms with Crippen molar-refractivity contribution in [3.63, 3.8) is 0 Å². The lowest BCUT2D eigenvalue weighted by Crippen LogP contribution is -2.30. The molecule has 0 fully saturated rings. The number of carbonyl (C=O) groups excluding carboxylic acids is 1. The molecule has 0 aliphatic rings. The van der Waals surface area contributed by atoms with E-state index in [4.69, 9.17) is 16.3 Å². The fourth-order valence-corrected chi connectivity index (χ4v) is 2.11. The number of hydrogen-bond acceptors (Lipinski definition) is 4. The molecule has 0 heterocycles. The molecule has 2 rings (SSSR count). The monoisotopic (exact) mass is 334 g/mol. The van der Waals surface area contributed by atoms with Gasteiger partial charge in [-0.3, -0.25) is 14.9 Å². The van der Waals surface area contributed by atoms with Crippen LogP contribution in [0.25, 0.3) is 0 Å². The number of nitrogens with zero attached hydrogens (tertiary/aromatic N) is 1. The van der Waals surface area contributed by atoms with Crippen molar-refractivity contribution < 1.29 is 14.5 Å². The molecule has 0 atom stereocenters. The van der Waals surface area contributed by atoms with E-state index in [2.05, 4.69) is 5.32 Å². The first-order valence-electron chi connectivity index (χ1n) is 6.93. The van der Waals surface area contributed by atoms with Crippen molar-refractivity contribution in [2.45, 2.75) is 6.42 Å². The summed E-state index contributed by atoms with van der Waals surface area (Å²) in [6.45, 7) is 0.173. The van der Waals surface area contributed by atoms with Crippen LogP contribution in [0.3, 0.4) is 0 Å². The van der Waals surface area contributed by atoms with Crippen LogP contribution in [0.2, 0.25) is 5.02 Å². The SMILES string of the molecule is O=C(COc1ccc(Cl)cc1[N+](=O)[O-])NCCc1ccccc1. The van der Waals surface area contributed by atoms with Gasteiger partial charge in [0.05, 0.1) is 4.92 Å². The third kappa shape index (κ3) is 5.27. The van der Waals surface area contributed by atoms with E-state index >= 15 is 0 Å². The molecule has 0 radical (unpaired) electrons. The lowest BCUT2D eigenvalue weighted by atomic mass is 10.1. The predicted octanol–water partition coefficient (Wildman–Crippen LogP) is 2.99. The van der Waals surface area contributed by atoms with Gasteiger partial charge in [-0.05, 0) is 24.1 Å². The van der Waals surface area contributed by atoms with E-state index in [9.17, 15) is 14.9 Å². The van der Waals surface area contributed by atoms with E-state index in [1.165, 1.54) is 18.2 Å². The molecule has 2 aromatic rings. The summed E-state index contributed by atoms with van der Waals surface area (Å²) >= 11 is 5.71. The molecule has 0 aliphatic heterocycles. The highest BCUT2D eigenvalue weighted by Gasteiger charge is 2.16.